The number of nitrogens with zero attached hydrogens (tertiary/aromatic N) is 4. The van der Waals surface area contributed by atoms with Gasteiger partial charge in [0, 0.05) is 19.8 Å². The smallest absolute Gasteiger partial charge is 0.349 e. The molecule has 0 saturated heterocycles. The van der Waals surface area contributed by atoms with Gasteiger partial charge in [-0.1, -0.05) is 29.8 Å². The fraction of sp³-hybridized carbons (Fsp3) is 0.222. The highest BCUT2D eigenvalue weighted by Crippen LogP contribution is 2.24. The fourth-order valence-corrected chi connectivity index (χ4v) is 2.85. The molecule has 0 aliphatic rings. The summed E-state index contributed by atoms with van der Waals surface area (Å²) in [4.78, 5) is 29.3. The first-order chi connectivity index (χ1) is 11.9. The first-order valence-electron chi connectivity index (χ1n) is 7.81. The van der Waals surface area contributed by atoms with Crippen molar-refractivity contribution >= 4 is 17.2 Å². The second-order valence-electron chi connectivity index (χ2n) is 6.06. The highest BCUT2D eigenvalue weighted by Gasteiger charge is 2.26. The van der Waals surface area contributed by atoms with E-state index >= 15 is 0 Å². The monoisotopic (exact) mass is 338 g/mol. The molecule has 0 aliphatic heterocycles. The van der Waals surface area contributed by atoms with Crippen LogP contribution in [0.1, 0.15) is 16.7 Å². The minimum Gasteiger partial charge on any atom is -0.349 e. The lowest BCUT2D eigenvalue weighted by atomic mass is 10.1. The summed E-state index contributed by atoms with van der Waals surface area (Å²) in [6.07, 6.45) is 1.48. The van der Waals surface area contributed by atoms with E-state index in [9.17, 15) is 14.9 Å². The van der Waals surface area contributed by atoms with E-state index in [1.165, 1.54) is 10.6 Å². The molecular formula is C18H18N4O3. The van der Waals surface area contributed by atoms with Crippen LogP contribution in [-0.4, -0.2) is 21.4 Å². The quantitative estimate of drug-likeness (QED) is 0.540. The lowest BCUT2D eigenvalue weighted by molar-refractivity contribution is -0.385. The van der Waals surface area contributed by atoms with Crippen LogP contribution >= 0.6 is 0 Å². The van der Waals surface area contributed by atoms with Crippen LogP contribution in [0.25, 0.3) is 5.65 Å². The number of aryl methyl sites for hydroxylation is 2. The summed E-state index contributed by atoms with van der Waals surface area (Å²) in [5.41, 5.74) is 2.44. The van der Waals surface area contributed by atoms with Crippen molar-refractivity contribution < 1.29 is 4.92 Å². The van der Waals surface area contributed by atoms with Crippen molar-refractivity contribution in [3.05, 3.63) is 79.8 Å². The van der Waals surface area contributed by atoms with Gasteiger partial charge in [0.1, 0.15) is 5.65 Å². The van der Waals surface area contributed by atoms with Gasteiger partial charge >= 0.3 is 11.2 Å². The fourth-order valence-electron chi connectivity index (χ4n) is 2.85. The van der Waals surface area contributed by atoms with E-state index in [1.54, 1.807) is 30.1 Å². The third-order valence-electron chi connectivity index (χ3n) is 4.14. The Balaban J connectivity index is 2.11. The van der Waals surface area contributed by atoms with Gasteiger partial charge in [-0.05, 0) is 37.1 Å². The van der Waals surface area contributed by atoms with Crippen molar-refractivity contribution in [2.24, 2.45) is 0 Å². The minimum atomic E-state index is -0.682. The molecule has 0 spiro atoms. The summed E-state index contributed by atoms with van der Waals surface area (Å²) >= 11 is 0. The van der Waals surface area contributed by atoms with E-state index in [1.807, 2.05) is 26.0 Å². The van der Waals surface area contributed by atoms with Gasteiger partial charge in [0.05, 0.1) is 4.92 Å². The zero-order valence-corrected chi connectivity index (χ0v) is 14.3. The van der Waals surface area contributed by atoms with E-state index in [-0.39, 0.29) is 5.82 Å². The van der Waals surface area contributed by atoms with Gasteiger partial charge in [-0.3, -0.25) is 19.3 Å². The molecule has 3 aromatic rings. The topological polar surface area (TPSA) is 80.8 Å². The second-order valence-corrected chi connectivity index (χ2v) is 6.06. The average Bonchev–Trinajstić information content (AvgIpc) is 2.56. The molecule has 2 aromatic heterocycles. The second kappa shape index (κ2) is 6.35. The Morgan fingerprint density at radius 3 is 2.68 bits per heavy atom. The zero-order chi connectivity index (χ0) is 18.1. The number of nitro groups is 1. The van der Waals surface area contributed by atoms with Crippen LogP contribution in [0.2, 0.25) is 0 Å². The zero-order valence-electron chi connectivity index (χ0n) is 14.3. The maximum Gasteiger partial charge on any atom is 0.376 e. The van der Waals surface area contributed by atoms with E-state index in [4.69, 9.17) is 0 Å². The number of anilines is 1. The maximum atomic E-state index is 12.5. The molecule has 0 N–H and O–H groups in total. The molecule has 0 bridgehead atoms. The van der Waals surface area contributed by atoms with Crippen LogP contribution in [-0.2, 0) is 6.54 Å². The SMILES string of the molecule is Cc1ccc(CN(C)c2nc3ccccn3c(=O)c2[N+](=O)[O-])c(C)c1. The highest BCUT2D eigenvalue weighted by molar-refractivity contribution is 5.61. The maximum absolute atomic E-state index is 12.5. The Hall–Kier alpha value is -3.22. The molecule has 0 amide bonds. The summed E-state index contributed by atoms with van der Waals surface area (Å²) in [6, 6.07) is 11.1. The highest BCUT2D eigenvalue weighted by atomic mass is 16.6. The van der Waals surface area contributed by atoms with Crippen molar-refractivity contribution in [3.63, 3.8) is 0 Å². The van der Waals surface area contributed by atoms with Crippen LogP contribution in [0.4, 0.5) is 11.5 Å². The van der Waals surface area contributed by atoms with Crippen LogP contribution in [0.15, 0.2) is 47.4 Å². The Bertz CT molecular complexity index is 1030. The normalized spacial score (nSPS) is 10.8. The Morgan fingerprint density at radius 1 is 1.24 bits per heavy atom. The molecule has 0 unspecified atom stereocenters. The lowest BCUT2D eigenvalue weighted by Crippen LogP contribution is -2.26. The molecule has 7 nitrogen and oxygen atoms in total. The number of rotatable bonds is 4. The van der Waals surface area contributed by atoms with Gasteiger partial charge in [-0.2, -0.15) is 0 Å². The third kappa shape index (κ3) is 3.08. The average molecular weight is 338 g/mol. The van der Waals surface area contributed by atoms with E-state index in [0.29, 0.717) is 12.2 Å². The van der Waals surface area contributed by atoms with E-state index in [0.717, 1.165) is 16.7 Å². The number of hydrogen-bond acceptors (Lipinski definition) is 5. The Labute approximate surface area is 144 Å². The summed E-state index contributed by atoms with van der Waals surface area (Å²) in [6.45, 7) is 4.42. The van der Waals surface area contributed by atoms with Gasteiger partial charge in [-0.25, -0.2) is 4.98 Å². The molecule has 1 aromatic carbocycles. The first kappa shape index (κ1) is 16.6. The van der Waals surface area contributed by atoms with Crippen molar-refractivity contribution in [2.45, 2.75) is 20.4 Å². The number of pyridine rings is 1. The predicted octanol–water partition coefficient (Wildman–Crippen LogP) is 2.86. The van der Waals surface area contributed by atoms with Gasteiger partial charge < -0.3 is 4.90 Å². The van der Waals surface area contributed by atoms with Gasteiger partial charge in [-0.15, -0.1) is 0 Å². The van der Waals surface area contributed by atoms with Crippen LogP contribution in [0, 0.1) is 24.0 Å². The summed E-state index contributed by atoms with van der Waals surface area (Å²) < 4.78 is 1.19. The van der Waals surface area contributed by atoms with Gasteiger partial charge in [0.25, 0.3) is 0 Å². The van der Waals surface area contributed by atoms with Gasteiger partial charge in [0.2, 0.25) is 5.82 Å². The predicted molar refractivity (Wildman–Crippen MR) is 96.1 cm³/mol. The molecule has 25 heavy (non-hydrogen) atoms. The molecule has 0 atom stereocenters. The van der Waals surface area contributed by atoms with Gasteiger partial charge in [0.15, 0.2) is 0 Å². The molecular weight excluding hydrogens is 320 g/mol. The Morgan fingerprint density at radius 2 is 2.00 bits per heavy atom. The molecule has 128 valence electrons. The molecule has 0 aliphatic carbocycles. The van der Waals surface area contributed by atoms with Crippen LogP contribution < -0.4 is 10.5 Å². The van der Waals surface area contributed by atoms with Crippen LogP contribution in [0.3, 0.4) is 0 Å². The molecule has 7 heteroatoms. The number of benzene rings is 1. The minimum absolute atomic E-state index is 0.0705. The first-order valence-corrected chi connectivity index (χ1v) is 7.81. The molecule has 0 saturated carbocycles. The summed E-state index contributed by atoms with van der Waals surface area (Å²) in [7, 11) is 1.70. The molecule has 3 rings (SSSR count). The third-order valence-corrected chi connectivity index (χ3v) is 4.14. The molecule has 0 fully saturated rings. The van der Waals surface area contributed by atoms with Crippen molar-refractivity contribution in [2.75, 3.05) is 11.9 Å². The van der Waals surface area contributed by atoms with Crippen LogP contribution in [0.5, 0.6) is 0 Å². The molecule has 2 heterocycles. The lowest BCUT2D eigenvalue weighted by Gasteiger charge is -2.19. The number of aromatic nitrogens is 2. The van der Waals surface area contributed by atoms with Crippen molar-refractivity contribution in [1.82, 2.24) is 9.38 Å². The Kier molecular flexibility index (Phi) is 4.22. The number of fused-ring (bicyclic) bond motifs is 1. The van der Waals surface area contributed by atoms with Crippen molar-refractivity contribution in [1.29, 1.82) is 0 Å². The molecule has 0 radical (unpaired) electrons. The van der Waals surface area contributed by atoms with E-state index < -0.39 is 16.2 Å². The largest absolute Gasteiger partial charge is 0.376 e. The standard InChI is InChI=1S/C18H18N4O3/c1-12-7-8-14(13(2)10-12)11-20(3)17-16(22(24)25)18(23)21-9-5-4-6-15(21)19-17/h4-10H,11H2,1-3H3. The summed E-state index contributed by atoms with van der Waals surface area (Å²) in [5, 5.41) is 11.5. The number of hydrogen-bond donors (Lipinski definition) is 0. The van der Waals surface area contributed by atoms with Crippen molar-refractivity contribution in [3.8, 4) is 0 Å². The summed E-state index contributed by atoms with van der Waals surface area (Å²) in [5.74, 6) is 0.0705. The van der Waals surface area contributed by atoms with E-state index in [2.05, 4.69) is 11.1 Å².